The molecule has 3 heterocycles. The first-order chi connectivity index (χ1) is 19.8. The number of rotatable bonds is 8. The molecule has 0 radical (unpaired) electrons. The summed E-state index contributed by atoms with van der Waals surface area (Å²) in [5.41, 5.74) is 1.19. The second-order valence-electron chi connectivity index (χ2n) is 12.6. The van der Waals surface area contributed by atoms with Gasteiger partial charge in [0.1, 0.15) is 10.6 Å². The van der Waals surface area contributed by atoms with Crippen LogP contribution in [0.4, 0.5) is 13.2 Å². The Morgan fingerprint density at radius 2 is 1.62 bits per heavy atom. The monoisotopic (exact) mass is 603 g/mol. The number of benzene rings is 2. The van der Waals surface area contributed by atoms with Crippen LogP contribution in [0.2, 0.25) is 0 Å². The number of amides is 3. The summed E-state index contributed by atoms with van der Waals surface area (Å²) in [7, 11) is 0. The lowest BCUT2D eigenvalue weighted by atomic mass is 9.82. The number of halogens is 3. The van der Waals surface area contributed by atoms with Crippen LogP contribution in [0, 0.1) is 23.4 Å². The van der Waals surface area contributed by atoms with Gasteiger partial charge in [-0.15, -0.1) is 4.72 Å². The van der Waals surface area contributed by atoms with Crippen molar-refractivity contribution in [3.8, 4) is 0 Å². The Morgan fingerprint density at radius 1 is 1.00 bits per heavy atom. The van der Waals surface area contributed by atoms with Crippen LogP contribution in [-0.2, 0) is 33.9 Å². The van der Waals surface area contributed by atoms with E-state index in [-0.39, 0.29) is 67.1 Å². The fraction of sp³-hybridized carbons (Fsp3) is 0.516. The number of hydrogen-bond donors (Lipinski definition) is 1. The molecule has 0 unspecified atom stereocenters. The molecule has 2 aromatic carbocycles. The van der Waals surface area contributed by atoms with Crippen LogP contribution in [0.15, 0.2) is 36.4 Å². The molecule has 0 aliphatic carbocycles. The Kier molecular flexibility index (Phi) is 8.74. The van der Waals surface area contributed by atoms with Gasteiger partial charge in [-0.1, -0.05) is 12.1 Å². The molecular weight excluding hydrogens is 567 g/mol. The highest BCUT2D eigenvalue weighted by Crippen LogP contribution is 2.42. The predicted octanol–water partition coefficient (Wildman–Crippen LogP) is 4.80. The van der Waals surface area contributed by atoms with Gasteiger partial charge in [0.15, 0.2) is 11.6 Å². The normalized spacial score (nSPS) is 23.9. The van der Waals surface area contributed by atoms with Gasteiger partial charge in [0.25, 0.3) is 5.91 Å². The van der Waals surface area contributed by atoms with Crippen molar-refractivity contribution in [2.75, 3.05) is 0 Å². The molecule has 3 fully saturated rings. The summed E-state index contributed by atoms with van der Waals surface area (Å²) < 4.78 is 57.9. The van der Waals surface area contributed by atoms with Gasteiger partial charge in [-0.25, -0.2) is 13.2 Å². The Balaban J connectivity index is 1.33. The van der Waals surface area contributed by atoms with Gasteiger partial charge in [0, 0.05) is 47.9 Å². The van der Waals surface area contributed by atoms with E-state index in [1.807, 2.05) is 25.7 Å². The smallest absolute Gasteiger partial charge is 0.254 e. The van der Waals surface area contributed by atoms with Crippen molar-refractivity contribution in [2.24, 2.45) is 5.92 Å². The van der Waals surface area contributed by atoms with Crippen molar-refractivity contribution in [1.82, 2.24) is 14.5 Å². The standard InChI is InChI=1S/C31H36F3N3O4S/c1-31(2,3)42(41)35-27(15-20-14-25(33)26(34)16-24(20)32)21-12-22-7-8-23(13-21)37(22)30(40)19-6-4-5-18(11-19)17-36-28(38)9-10-29(36)39/h4-6,11,14,16,21-23,27,35H,7-10,12-13,15,17H2,1-3H3/t21-,22-,23+,27-,42+/m1/s1. The molecule has 11 heteroatoms. The molecule has 42 heavy (non-hydrogen) atoms. The van der Waals surface area contributed by atoms with Crippen LogP contribution in [0.25, 0.3) is 0 Å². The second-order valence-corrected chi connectivity index (χ2v) is 14.6. The van der Waals surface area contributed by atoms with Gasteiger partial charge in [0.2, 0.25) is 11.8 Å². The van der Waals surface area contributed by atoms with Gasteiger partial charge in [-0.05, 0) is 88.1 Å². The molecule has 5 atom stereocenters. The summed E-state index contributed by atoms with van der Waals surface area (Å²) >= 11 is -1.49. The fourth-order valence-corrected chi connectivity index (χ4v) is 7.29. The minimum atomic E-state index is -1.49. The molecular formula is C31H36F3N3O4S. The minimum absolute atomic E-state index is 0.00921. The van der Waals surface area contributed by atoms with E-state index in [0.717, 1.165) is 18.9 Å². The summed E-state index contributed by atoms with van der Waals surface area (Å²) in [4.78, 5) is 41.0. The topological polar surface area (TPSA) is 92.8 Å². The molecule has 226 valence electrons. The van der Waals surface area contributed by atoms with E-state index in [0.29, 0.717) is 30.0 Å². The molecule has 3 aliphatic rings. The third-order valence-corrected chi connectivity index (χ3v) is 10.2. The first-order valence-corrected chi connectivity index (χ1v) is 15.5. The number of carbonyl (C=O) groups is 3. The van der Waals surface area contributed by atoms with E-state index < -0.39 is 39.6 Å². The highest BCUT2D eigenvalue weighted by molar-refractivity contribution is 7.90. The first kappa shape index (κ1) is 30.6. The van der Waals surface area contributed by atoms with Gasteiger partial charge in [-0.2, -0.15) is 0 Å². The van der Waals surface area contributed by atoms with Crippen LogP contribution in [0.1, 0.15) is 80.8 Å². The van der Waals surface area contributed by atoms with Crippen LogP contribution < -0.4 is 4.72 Å². The number of nitrogens with one attached hydrogen (secondary N) is 1. The Hall–Kier alpha value is -2.89. The molecule has 3 aliphatic heterocycles. The number of carbonyl (C=O) groups excluding carboxylic acids is 3. The van der Waals surface area contributed by atoms with E-state index in [4.69, 9.17) is 0 Å². The Bertz CT molecular complexity index is 1350. The minimum Gasteiger partial charge on any atom is -0.598 e. The van der Waals surface area contributed by atoms with E-state index in [1.54, 1.807) is 24.3 Å². The summed E-state index contributed by atoms with van der Waals surface area (Å²) in [5.74, 6) is -3.88. The van der Waals surface area contributed by atoms with Crippen molar-refractivity contribution in [2.45, 2.75) is 95.1 Å². The highest BCUT2D eigenvalue weighted by Gasteiger charge is 2.46. The molecule has 2 aromatic rings. The predicted molar refractivity (Wildman–Crippen MR) is 152 cm³/mol. The van der Waals surface area contributed by atoms with Crippen LogP contribution >= 0.6 is 0 Å². The average Bonchev–Trinajstić information content (AvgIpc) is 3.39. The summed E-state index contributed by atoms with van der Waals surface area (Å²) in [6.45, 7) is 5.59. The number of piperidine rings is 1. The van der Waals surface area contributed by atoms with E-state index in [1.165, 1.54) is 4.90 Å². The first-order valence-electron chi connectivity index (χ1n) is 14.4. The van der Waals surface area contributed by atoms with Gasteiger partial charge < -0.3 is 9.45 Å². The van der Waals surface area contributed by atoms with Crippen molar-refractivity contribution < 1.29 is 32.1 Å². The molecule has 0 saturated carbocycles. The molecule has 5 rings (SSSR count). The number of hydrogen-bond acceptors (Lipinski definition) is 5. The maximum absolute atomic E-state index is 14.7. The zero-order valence-corrected chi connectivity index (χ0v) is 24.8. The van der Waals surface area contributed by atoms with E-state index in [9.17, 15) is 32.1 Å². The summed E-state index contributed by atoms with van der Waals surface area (Å²) in [5, 5.41) is 0. The molecule has 0 spiro atoms. The molecule has 3 saturated heterocycles. The molecule has 3 amide bonds. The largest absolute Gasteiger partial charge is 0.598 e. The maximum atomic E-state index is 14.7. The molecule has 1 N–H and O–H groups in total. The third-order valence-electron chi connectivity index (χ3n) is 8.59. The van der Waals surface area contributed by atoms with E-state index >= 15 is 0 Å². The molecule has 0 aromatic heterocycles. The van der Waals surface area contributed by atoms with Crippen molar-refractivity contribution in [3.63, 3.8) is 0 Å². The third kappa shape index (κ3) is 6.38. The van der Waals surface area contributed by atoms with Crippen molar-refractivity contribution in [3.05, 3.63) is 70.5 Å². The van der Waals surface area contributed by atoms with Crippen LogP contribution in [0.5, 0.6) is 0 Å². The lowest BCUT2D eigenvalue weighted by Crippen LogP contribution is -2.54. The average molecular weight is 604 g/mol. The summed E-state index contributed by atoms with van der Waals surface area (Å²) in [6, 6.07) is 7.74. The Morgan fingerprint density at radius 3 is 2.24 bits per heavy atom. The molecule has 2 bridgehead atoms. The second kappa shape index (κ2) is 12.0. The number of likely N-dealkylation sites (tertiary alicyclic amines) is 1. The SMILES string of the molecule is CC(C)(C)[S@+]([O-])N[C@H](Cc1cc(F)c(F)cc1F)[C@@H]1C[C@H]2CC[C@@H](C1)N2C(=O)c1cccc(CN2C(=O)CCC2=O)c1. The highest BCUT2D eigenvalue weighted by atomic mass is 32.2. The number of nitrogens with zero attached hydrogens (tertiary/aromatic N) is 2. The zero-order valence-electron chi connectivity index (χ0n) is 24.0. The Labute approximate surface area is 247 Å². The van der Waals surface area contributed by atoms with Gasteiger partial charge in [-0.3, -0.25) is 19.3 Å². The zero-order chi connectivity index (χ0) is 30.3. The van der Waals surface area contributed by atoms with Crippen LogP contribution in [0.3, 0.4) is 0 Å². The van der Waals surface area contributed by atoms with Crippen molar-refractivity contribution in [1.29, 1.82) is 0 Å². The van der Waals surface area contributed by atoms with Gasteiger partial charge in [0.05, 0.1) is 12.6 Å². The van der Waals surface area contributed by atoms with E-state index in [2.05, 4.69) is 4.72 Å². The summed E-state index contributed by atoms with van der Waals surface area (Å²) in [6.07, 6.45) is 3.19. The van der Waals surface area contributed by atoms with Crippen LogP contribution in [-0.4, -0.2) is 54.9 Å². The quantitative estimate of drug-likeness (QED) is 0.266. The number of fused-ring (bicyclic) bond motifs is 2. The number of imide groups is 1. The lowest BCUT2D eigenvalue weighted by Gasteiger charge is -2.42. The van der Waals surface area contributed by atoms with Gasteiger partial charge >= 0.3 is 0 Å². The lowest BCUT2D eigenvalue weighted by molar-refractivity contribution is -0.139. The molecule has 7 nitrogen and oxygen atoms in total. The maximum Gasteiger partial charge on any atom is 0.254 e. The van der Waals surface area contributed by atoms with Crippen molar-refractivity contribution >= 4 is 29.1 Å². The fourth-order valence-electron chi connectivity index (χ4n) is 6.39.